The van der Waals surface area contributed by atoms with E-state index in [2.05, 4.69) is 16.0 Å². The second-order valence-electron chi connectivity index (χ2n) is 10.5. The number of carbonyl (C=O) groups excluding carboxylic acids is 5. The lowest BCUT2D eigenvalue weighted by Crippen LogP contribution is -2.52. The van der Waals surface area contributed by atoms with Crippen molar-refractivity contribution in [3.63, 3.8) is 0 Å². The van der Waals surface area contributed by atoms with E-state index in [0.29, 0.717) is 12.0 Å². The lowest BCUT2D eigenvalue weighted by Gasteiger charge is -2.29. The average Bonchev–Trinajstić information content (AvgIpc) is 3.17. The fraction of sp³-hybridized carbons (Fsp3) is 0.393. The van der Waals surface area contributed by atoms with E-state index in [4.69, 9.17) is 4.74 Å². The molecule has 2 aliphatic heterocycles. The molecule has 1 unspecified atom stereocenters. The summed E-state index contributed by atoms with van der Waals surface area (Å²) in [5.41, 5.74) is 2.19. The number of benzene rings is 2. The molecular weight excluding hydrogens is 488 g/mol. The maximum absolute atomic E-state index is 13.1. The van der Waals surface area contributed by atoms with Crippen LogP contribution in [0.1, 0.15) is 60.7 Å². The summed E-state index contributed by atoms with van der Waals surface area (Å²) in [5, 5.41) is 7.83. The largest absolute Gasteiger partial charge is 0.444 e. The highest BCUT2D eigenvalue weighted by Crippen LogP contribution is 2.28. The molecule has 2 atom stereocenters. The van der Waals surface area contributed by atoms with Gasteiger partial charge in [-0.15, -0.1) is 0 Å². The molecule has 2 heterocycles. The number of rotatable bonds is 7. The summed E-state index contributed by atoms with van der Waals surface area (Å²) in [6, 6.07) is 13.1. The number of nitrogens with zero attached hydrogens (tertiary/aromatic N) is 1. The Labute approximate surface area is 221 Å². The highest BCUT2D eigenvalue weighted by atomic mass is 16.6. The molecule has 2 aromatic rings. The van der Waals surface area contributed by atoms with Gasteiger partial charge in [0.15, 0.2) is 0 Å². The molecular formula is C28H32N4O6. The minimum absolute atomic E-state index is 0.181. The van der Waals surface area contributed by atoms with E-state index < -0.39 is 29.7 Å². The van der Waals surface area contributed by atoms with Crippen molar-refractivity contribution in [2.45, 2.75) is 70.8 Å². The van der Waals surface area contributed by atoms with Crippen LogP contribution in [-0.4, -0.2) is 52.3 Å². The van der Waals surface area contributed by atoms with E-state index in [1.54, 1.807) is 32.9 Å². The summed E-state index contributed by atoms with van der Waals surface area (Å²) in [4.78, 5) is 63.6. The summed E-state index contributed by atoms with van der Waals surface area (Å²) < 4.78 is 5.34. The SMILES string of the molecule is CC(C)(C)OC(=O)N[C@@H](Cc1ccccc1)C(=O)NCc1ccc2c(c1)CN(C1CCC(=O)NC1=O)C2=O. The van der Waals surface area contributed by atoms with Crippen LogP contribution in [0, 0.1) is 0 Å². The van der Waals surface area contributed by atoms with Crippen molar-refractivity contribution in [2.75, 3.05) is 0 Å². The van der Waals surface area contributed by atoms with Crippen molar-refractivity contribution in [1.82, 2.24) is 20.9 Å². The molecule has 2 aromatic carbocycles. The van der Waals surface area contributed by atoms with Crippen molar-refractivity contribution in [1.29, 1.82) is 0 Å². The van der Waals surface area contributed by atoms with Gasteiger partial charge in [-0.25, -0.2) is 4.79 Å². The molecule has 4 rings (SSSR count). The monoisotopic (exact) mass is 520 g/mol. The standard InChI is InChI=1S/C28H32N4O6/c1-28(2,3)38-27(37)30-21(14-17-7-5-4-6-8-17)24(34)29-15-18-9-10-20-19(13-18)16-32(26(20)36)22-11-12-23(33)31-25(22)35/h4-10,13,21-22H,11-12,14-16H2,1-3H3,(H,29,34)(H,30,37)(H,31,33,35)/t21-,22?/m0/s1. The van der Waals surface area contributed by atoms with Gasteiger partial charge in [0, 0.05) is 31.5 Å². The fourth-order valence-electron chi connectivity index (χ4n) is 4.56. The van der Waals surface area contributed by atoms with Crippen LogP contribution < -0.4 is 16.0 Å². The van der Waals surface area contributed by atoms with Crippen LogP contribution in [0.2, 0.25) is 0 Å². The van der Waals surface area contributed by atoms with E-state index >= 15 is 0 Å². The molecule has 10 nitrogen and oxygen atoms in total. The first-order valence-corrected chi connectivity index (χ1v) is 12.6. The summed E-state index contributed by atoms with van der Waals surface area (Å²) in [7, 11) is 0. The highest BCUT2D eigenvalue weighted by Gasteiger charge is 2.39. The van der Waals surface area contributed by atoms with Gasteiger partial charge >= 0.3 is 6.09 Å². The Balaban J connectivity index is 1.41. The van der Waals surface area contributed by atoms with Crippen molar-refractivity contribution >= 4 is 29.7 Å². The highest BCUT2D eigenvalue weighted by molar-refractivity contribution is 6.05. The van der Waals surface area contributed by atoms with Crippen LogP contribution in [0.3, 0.4) is 0 Å². The van der Waals surface area contributed by atoms with Crippen LogP contribution in [0.15, 0.2) is 48.5 Å². The summed E-state index contributed by atoms with van der Waals surface area (Å²) in [5.74, 6) is -1.42. The minimum atomic E-state index is -0.855. The number of hydrogen-bond acceptors (Lipinski definition) is 6. The van der Waals surface area contributed by atoms with Gasteiger partial charge in [-0.3, -0.25) is 24.5 Å². The van der Waals surface area contributed by atoms with Crippen LogP contribution >= 0.6 is 0 Å². The van der Waals surface area contributed by atoms with Gasteiger partial charge in [0.25, 0.3) is 5.91 Å². The third-order valence-corrected chi connectivity index (χ3v) is 6.34. The molecule has 1 saturated heterocycles. The third kappa shape index (κ3) is 6.56. The molecule has 2 aliphatic rings. The molecule has 5 amide bonds. The normalized spacial score (nSPS) is 17.9. The number of ether oxygens (including phenoxy) is 1. The Bertz CT molecular complexity index is 1250. The molecule has 0 bridgehead atoms. The molecule has 0 saturated carbocycles. The van der Waals surface area contributed by atoms with Crippen LogP contribution in [0.4, 0.5) is 4.79 Å². The Morgan fingerprint density at radius 3 is 2.50 bits per heavy atom. The van der Waals surface area contributed by atoms with Crippen molar-refractivity contribution in [2.24, 2.45) is 0 Å². The number of alkyl carbamates (subject to hydrolysis) is 1. The zero-order chi connectivity index (χ0) is 27.4. The first-order valence-electron chi connectivity index (χ1n) is 12.6. The predicted octanol–water partition coefficient (Wildman–Crippen LogP) is 2.20. The molecule has 0 aliphatic carbocycles. The first-order chi connectivity index (χ1) is 18.0. The van der Waals surface area contributed by atoms with E-state index in [9.17, 15) is 24.0 Å². The smallest absolute Gasteiger partial charge is 0.408 e. The Hall–Kier alpha value is -4.21. The van der Waals surface area contributed by atoms with Crippen LogP contribution in [0.25, 0.3) is 0 Å². The number of imide groups is 1. The molecule has 10 heteroatoms. The predicted molar refractivity (Wildman–Crippen MR) is 138 cm³/mol. The second kappa shape index (κ2) is 11.0. The molecule has 0 aromatic heterocycles. The summed E-state index contributed by atoms with van der Waals surface area (Å²) in [6.45, 7) is 5.68. The number of fused-ring (bicyclic) bond motifs is 1. The van der Waals surface area contributed by atoms with E-state index in [1.807, 2.05) is 36.4 Å². The lowest BCUT2D eigenvalue weighted by molar-refractivity contribution is -0.137. The third-order valence-electron chi connectivity index (χ3n) is 6.34. The molecule has 200 valence electrons. The first kappa shape index (κ1) is 26.8. The van der Waals surface area contributed by atoms with Crippen molar-refractivity contribution in [3.05, 3.63) is 70.8 Å². The van der Waals surface area contributed by atoms with Crippen molar-refractivity contribution < 1.29 is 28.7 Å². The molecule has 0 radical (unpaired) electrons. The van der Waals surface area contributed by atoms with E-state index in [-0.39, 0.29) is 43.7 Å². The summed E-state index contributed by atoms with van der Waals surface area (Å²) in [6.07, 6.45) is 0.0832. The molecule has 38 heavy (non-hydrogen) atoms. The average molecular weight is 521 g/mol. The number of carbonyl (C=O) groups is 5. The summed E-state index contributed by atoms with van der Waals surface area (Å²) >= 11 is 0. The maximum Gasteiger partial charge on any atom is 0.408 e. The molecule has 3 N–H and O–H groups in total. The minimum Gasteiger partial charge on any atom is -0.444 e. The van der Waals surface area contributed by atoms with Crippen molar-refractivity contribution in [3.8, 4) is 0 Å². The Kier molecular flexibility index (Phi) is 7.80. The topological polar surface area (TPSA) is 134 Å². The van der Waals surface area contributed by atoms with E-state index in [1.165, 1.54) is 4.90 Å². The van der Waals surface area contributed by atoms with Gasteiger partial charge in [0.1, 0.15) is 17.7 Å². The van der Waals surface area contributed by atoms with Gasteiger partial charge < -0.3 is 20.3 Å². The maximum atomic E-state index is 13.1. The second-order valence-corrected chi connectivity index (χ2v) is 10.5. The van der Waals surface area contributed by atoms with Gasteiger partial charge in [0.2, 0.25) is 17.7 Å². The lowest BCUT2D eigenvalue weighted by atomic mass is 10.0. The zero-order valence-corrected chi connectivity index (χ0v) is 21.7. The van der Waals surface area contributed by atoms with E-state index in [0.717, 1.165) is 16.7 Å². The zero-order valence-electron chi connectivity index (χ0n) is 21.7. The Morgan fingerprint density at radius 1 is 1.08 bits per heavy atom. The fourth-order valence-corrected chi connectivity index (χ4v) is 4.56. The van der Waals surface area contributed by atoms with Gasteiger partial charge in [-0.1, -0.05) is 42.5 Å². The molecule has 0 spiro atoms. The quantitative estimate of drug-likeness (QED) is 0.480. The van der Waals surface area contributed by atoms with Gasteiger partial charge in [-0.2, -0.15) is 0 Å². The van der Waals surface area contributed by atoms with Gasteiger partial charge in [-0.05, 0) is 49.9 Å². The number of amides is 5. The number of hydrogen-bond donors (Lipinski definition) is 3. The van der Waals surface area contributed by atoms with Crippen LogP contribution in [0.5, 0.6) is 0 Å². The van der Waals surface area contributed by atoms with Crippen LogP contribution in [-0.2, 0) is 38.6 Å². The number of nitrogens with one attached hydrogen (secondary N) is 3. The van der Waals surface area contributed by atoms with Gasteiger partial charge in [0.05, 0.1) is 0 Å². The Morgan fingerprint density at radius 2 is 1.82 bits per heavy atom. The number of piperidine rings is 1. The molecule has 1 fully saturated rings.